The molecule has 43 heavy (non-hydrogen) atoms. The molecule has 13 N–H and O–H groups in total. The molecule has 16 atom stereocenters. The van der Waals surface area contributed by atoms with Gasteiger partial charge in [0.25, 0.3) is 5.79 Å². The SMILES string of the molecule is CC(=O)N[C@H]1[C@H]([C@H](O)[C@H](O)CO)O[C@](OC[C@H]2OC(O)[C@H](O)[C@@H](O)[C@@H]2O[C@@H]2O[C@H](CO)[C@H](O)[C@H](O)[C@H]2O)(C(=O)O)C[C@@H]1O. The first-order chi connectivity index (χ1) is 20.1. The first-order valence-corrected chi connectivity index (χ1v) is 13.2. The van der Waals surface area contributed by atoms with Crippen molar-refractivity contribution >= 4 is 11.9 Å². The summed E-state index contributed by atoms with van der Waals surface area (Å²) < 4.78 is 26.9. The van der Waals surface area contributed by atoms with E-state index < -0.39 is 136 Å². The molecule has 3 aliphatic rings. The van der Waals surface area contributed by atoms with Crippen LogP contribution in [0.2, 0.25) is 0 Å². The van der Waals surface area contributed by atoms with E-state index in [1.807, 2.05) is 0 Å². The van der Waals surface area contributed by atoms with Gasteiger partial charge < -0.3 is 90.3 Å². The summed E-state index contributed by atoms with van der Waals surface area (Å²) in [5.41, 5.74) is 0. The van der Waals surface area contributed by atoms with E-state index in [4.69, 9.17) is 23.7 Å². The molecule has 0 aromatic heterocycles. The normalized spacial score (nSPS) is 45.3. The predicted molar refractivity (Wildman–Crippen MR) is 130 cm³/mol. The highest BCUT2D eigenvalue weighted by molar-refractivity contribution is 5.76. The second-order valence-corrected chi connectivity index (χ2v) is 10.5. The Morgan fingerprint density at radius 1 is 0.930 bits per heavy atom. The van der Waals surface area contributed by atoms with E-state index >= 15 is 0 Å². The van der Waals surface area contributed by atoms with Crippen molar-refractivity contribution in [2.45, 2.75) is 111 Å². The van der Waals surface area contributed by atoms with Crippen LogP contribution >= 0.6 is 0 Å². The molecule has 3 rings (SSSR count). The van der Waals surface area contributed by atoms with Crippen LogP contribution in [0.1, 0.15) is 13.3 Å². The van der Waals surface area contributed by atoms with Crippen LogP contribution in [-0.4, -0.2) is 191 Å². The van der Waals surface area contributed by atoms with Crippen molar-refractivity contribution < 1.29 is 94.6 Å². The van der Waals surface area contributed by atoms with E-state index in [0.29, 0.717) is 0 Å². The fourth-order valence-electron chi connectivity index (χ4n) is 5.05. The van der Waals surface area contributed by atoms with Crippen LogP contribution in [0.5, 0.6) is 0 Å². The minimum atomic E-state index is -2.85. The van der Waals surface area contributed by atoms with Gasteiger partial charge in [-0.25, -0.2) is 4.79 Å². The fraction of sp³-hybridized carbons (Fsp3) is 0.913. The lowest BCUT2D eigenvalue weighted by Crippen LogP contribution is -2.68. The summed E-state index contributed by atoms with van der Waals surface area (Å²) in [7, 11) is 0. The molecule has 0 aromatic rings. The van der Waals surface area contributed by atoms with Gasteiger partial charge in [0.05, 0.1) is 32.0 Å². The Balaban J connectivity index is 1.87. The maximum Gasteiger partial charge on any atom is 0.364 e. The van der Waals surface area contributed by atoms with Crippen molar-refractivity contribution in [2.75, 3.05) is 19.8 Å². The van der Waals surface area contributed by atoms with Gasteiger partial charge in [0.15, 0.2) is 12.6 Å². The molecule has 0 radical (unpaired) electrons. The van der Waals surface area contributed by atoms with Crippen LogP contribution in [-0.2, 0) is 33.3 Å². The standard InChI is InChI=1S/C23H39NO19/c1-6(27)24-11-7(28)2-23(22(37)38,43-19(11)12(30)8(29)3-25)39-5-10-18(15(33)16(34)20(36)40-10)42-21-17(35)14(32)13(31)9(4-26)41-21/h7-21,25-26,28-36H,2-5H2,1H3,(H,24,27)(H,37,38)/t7-,8+,9+,10+,11+,12+,13-,14-,15+,16+,17+,18+,19+,20?,21-,23-/m0/s1. The van der Waals surface area contributed by atoms with E-state index in [2.05, 4.69) is 5.32 Å². The number of aliphatic hydroxyl groups excluding tert-OH is 11. The number of aliphatic carboxylic acids is 1. The van der Waals surface area contributed by atoms with E-state index in [0.717, 1.165) is 6.92 Å². The molecule has 0 spiro atoms. The number of hydrogen-bond acceptors (Lipinski definition) is 18. The predicted octanol–water partition coefficient (Wildman–Crippen LogP) is -8.22. The van der Waals surface area contributed by atoms with Crippen LogP contribution < -0.4 is 5.32 Å². The summed E-state index contributed by atoms with van der Waals surface area (Å²) in [5.74, 6) is -5.46. The minimum Gasteiger partial charge on any atom is -0.477 e. The Kier molecular flexibility index (Phi) is 12.1. The molecule has 3 fully saturated rings. The largest absolute Gasteiger partial charge is 0.477 e. The highest BCUT2D eigenvalue weighted by Crippen LogP contribution is 2.35. The molecule has 0 bridgehead atoms. The third kappa shape index (κ3) is 7.58. The first-order valence-electron chi connectivity index (χ1n) is 13.2. The summed E-state index contributed by atoms with van der Waals surface area (Å²) in [6.45, 7) is -1.77. The Morgan fingerprint density at radius 3 is 2.14 bits per heavy atom. The van der Waals surface area contributed by atoms with E-state index in [-0.39, 0.29) is 0 Å². The Morgan fingerprint density at radius 2 is 1.58 bits per heavy atom. The van der Waals surface area contributed by atoms with Gasteiger partial charge in [-0.05, 0) is 0 Å². The van der Waals surface area contributed by atoms with Crippen LogP contribution in [0.25, 0.3) is 0 Å². The average Bonchev–Trinajstić information content (AvgIpc) is 2.96. The van der Waals surface area contributed by atoms with Crippen LogP contribution in [0.3, 0.4) is 0 Å². The fourth-order valence-corrected chi connectivity index (χ4v) is 5.05. The molecule has 3 saturated heterocycles. The molecule has 1 unspecified atom stereocenters. The van der Waals surface area contributed by atoms with Gasteiger partial charge in [-0.1, -0.05) is 0 Å². The topological polar surface area (TPSA) is 335 Å². The summed E-state index contributed by atoms with van der Waals surface area (Å²) in [6.07, 6.45) is -27.1. The number of nitrogens with one attached hydrogen (secondary N) is 1. The molecular weight excluding hydrogens is 594 g/mol. The quantitative estimate of drug-likeness (QED) is 0.100. The number of carbonyl (C=O) groups excluding carboxylic acids is 1. The van der Waals surface area contributed by atoms with Gasteiger partial charge >= 0.3 is 5.97 Å². The molecule has 0 saturated carbocycles. The van der Waals surface area contributed by atoms with Crippen molar-refractivity contribution in [2.24, 2.45) is 0 Å². The van der Waals surface area contributed by atoms with E-state index in [9.17, 15) is 70.9 Å². The maximum atomic E-state index is 12.4. The summed E-state index contributed by atoms with van der Waals surface area (Å²) in [5, 5.41) is 123. The second-order valence-electron chi connectivity index (χ2n) is 10.5. The zero-order valence-electron chi connectivity index (χ0n) is 22.7. The van der Waals surface area contributed by atoms with Crippen LogP contribution in [0.4, 0.5) is 0 Å². The Labute approximate surface area is 243 Å². The highest BCUT2D eigenvalue weighted by Gasteiger charge is 2.57. The van der Waals surface area contributed by atoms with Gasteiger partial charge in [0.2, 0.25) is 5.91 Å². The van der Waals surface area contributed by atoms with Gasteiger partial charge in [0, 0.05) is 13.3 Å². The number of rotatable bonds is 11. The molecular formula is C23H39NO19. The van der Waals surface area contributed by atoms with Crippen molar-refractivity contribution in [3.8, 4) is 0 Å². The van der Waals surface area contributed by atoms with Gasteiger partial charge in [-0.2, -0.15) is 0 Å². The van der Waals surface area contributed by atoms with Gasteiger partial charge in [-0.3, -0.25) is 4.79 Å². The summed E-state index contributed by atoms with van der Waals surface area (Å²) in [6, 6.07) is -1.49. The molecule has 20 nitrogen and oxygen atoms in total. The number of ether oxygens (including phenoxy) is 5. The molecule has 3 aliphatic heterocycles. The monoisotopic (exact) mass is 633 g/mol. The number of aliphatic hydroxyl groups is 11. The van der Waals surface area contributed by atoms with Gasteiger partial charge in [-0.15, -0.1) is 0 Å². The molecule has 3 heterocycles. The zero-order valence-corrected chi connectivity index (χ0v) is 22.7. The smallest absolute Gasteiger partial charge is 0.364 e. The lowest BCUT2D eigenvalue weighted by Gasteiger charge is -2.48. The first kappa shape index (κ1) is 35.8. The lowest BCUT2D eigenvalue weighted by atomic mass is 9.88. The summed E-state index contributed by atoms with van der Waals surface area (Å²) >= 11 is 0. The number of amides is 1. The molecule has 250 valence electrons. The zero-order chi connectivity index (χ0) is 32.4. The van der Waals surface area contributed by atoms with Gasteiger partial charge in [0.1, 0.15) is 67.1 Å². The minimum absolute atomic E-state index is 0.725. The third-order valence-electron chi connectivity index (χ3n) is 7.47. The van der Waals surface area contributed by atoms with Crippen LogP contribution in [0, 0.1) is 0 Å². The van der Waals surface area contributed by atoms with Crippen molar-refractivity contribution in [1.82, 2.24) is 5.32 Å². The molecule has 20 heteroatoms. The van der Waals surface area contributed by atoms with Crippen molar-refractivity contribution in [1.29, 1.82) is 0 Å². The average molecular weight is 634 g/mol. The second kappa shape index (κ2) is 14.6. The van der Waals surface area contributed by atoms with E-state index in [1.54, 1.807) is 0 Å². The van der Waals surface area contributed by atoms with Crippen molar-refractivity contribution in [3.05, 3.63) is 0 Å². The summed E-state index contributed by atoms with van der Waals surface area (Å²) in [4.78, 5) is 24.1. The Hall–Kier alpha value is -1.70. The molecule has 1 amide bonds. The lowest BCUT2D eigenvalue weighted by molar-refractivity contribution is -0.365. The van der Waals surface area contributed by atoms with Crippen molar-refractivity contribution in [3.63, 3.8) is 0 Å². The number of carboxylic acid groups (broad SMARTS) is 1. The number of carboxylic acids is 1. The number of hydrogen-bond donors (Lipinski definition) is 13. The maximum absolute atomic E-state index is 12.4. The number of carbonyl (C=O) groups is 2. The molecule has 0 aliphatic carbocycles. The van der Waals surface area contributed by atoms with E-state index in [1.165, 1.54) is 0 Å². The molecule has 0 aromatic carbocycles. The Bertz CT molecular complexity index is 942. The highest BCUT2D eigenvalue weighted by atomic mass is 16.8. The van der Waals surface area contributed by atoms with Crippen LogP contribution in [0.15, 0.2) is 0 Å². The third-order valence-corrected chi connectivity index (χ3v) is 7.47.